The third kappa shape index (κ3) is 4.62. The van der Waals surface area contributed by atoms with Gasteiger partial charge < -0.3 is 14.6 Å². The van der Waals surface area contributed by atoms with E-state index in [1.54, 1.807) is 12.1 Å². The predicted molar refractivity (Wildman–Crippen MR) is 116 cm³/mol. The molecule has 4 rings (SSSR count). The summed E-state index contributed by atoms with van der Waals surface area (Å²) < 4.78 is 5.39. The summed E-state index contributed by atoms with van der Waals surface area (Å²) in [5, 5.41) is 3.02. The number of nitrogens with zero attached hydrogens (tertiary/aromatic N) is 1. The third-order valence-electron chi connectivity index (χ3n) is 5.57. The van der Waals surface area contributed by atoms with Crippen molar-refractivity contribution >= 4 is 11.8 Å². The molecule has 1 fully saturated rings. The van der Waals surface area contributed by atoms with E-state index in [0.29, 0.717) is 18.8 Å². The molecule has 1 aromatic heterocycles. The Labute approximate surface area is 176 Å². The van der Waals surface area contributed by atoms with E-state index in [1.807, 2.05) is 54.3 Å². The molecule has 0 radical (unpaired) electrons. The maximum Gasteiger partial charge on any atom is 0.287 e. The zero-order valence-electron chi connectivity index (χ0n) is 17.1. The Morgan fingerprint density at radius 1 is 0.967 bits per heavy atom. The molecule has 0 spiro atoms. The number of rotatable bonds is 5. The molecule has 1 N–H and O–H groups in total. The minimum absolute atomic E-state index is 0.0477. The summed E-state index contributed by atoms with van der Waals surface area (Å²) in [5.41, 5.74) is 2.99. The van der Waals surface area contributed by atoms with Crippen molar-refractivity contribution in [1.29, 1.82) is 0 Å². The number of benzene rings is 2. The van der Waals surface area contributed by atoms with Gasteiger partial charge in [0.15, 0.2) is 5.76 Å². The number of amides is 2. The first-order valence-electron chi connectivity index (χ1n) is 10.4. The largest absolute Gasteiger partial charge is 0.456 e. The quantitative estimate of drug-likeness (QED) is 0.695. The second kappa shape index (κ2) is 8.99. The van der Waals surface area contributed by atoms with E-state index in [2.05, 4.69) is 17.4 Å². The van der Waals surface area contributed by atoms with Gasteiger partial charge in [-0.1, -0.05) is 48.5 Å². The highest BCUT2D eigenvalue weighted by Gasteiger charge is 2.26. The van der Waals surface area contributed by atoms with Gasteiger partial charge in [0.1, 0.15) is 5.76 Å². The van der Waals surface area contributed by atoms with E-state index in [9.17, 15) is 9.59 Å². The number of likely N-dealkylation sites (tertiary alicyclic amines) is 1. The molecule has 1 aliphatic heterocycles. The van der Waals surface area contributed by atoms with Gasteiger partial charge in [0.2, 0.25) is 0 Å². The van der Waals surface area contributed by atoms with Gasteiger partial charge >= 0.3 is 0 Å². The molecular formula is C25H26N2O3. The SMILES string of the molecule is Cc1ccc(C(=O)NC2CCN(C(=O)c3ccccc3Cc3ccccc3)CC2)o1. The molecule has 0 bridgehead atoms. The van der Waals surface area contributed by atoms with Crippen LogP contribution in [0.15, 0.2) is 71.1 Å². The first-order valence-corrected chi connectivity index (χ1v) is 10.4. The van der Waals surface area contributed by atoms with Gasteiger partial charge in [-0.3, -0.25) is 9.59 Å². The molecule has 5 heteroatoms. The van der Waals surface area contributed by atoms with Crippen molar-refractivity contribution < 1.29 is 14.0 Å². The Hall–Kier alpha value is -3.34. The van der Waals surface area contributed by atoms with E-state index in [4.69, 9.17) is 4.42 Å². The topological polar surface area (TPSA) is 62.6 Å². The summed E-state index contributed by atoms with van der Waals surface area (Å²) in [6.45, 7) is 3.07. The van der Waals surface area contributed by atoms with Crippen LogP contribution in [0.1, 0.15) is 50.6 Å². The van der Waals surface area contributed by atoms with Gasteiger partial charge in [0.05, 0.1) is 0 Å². The molecule has 30 heavy (non-hydrogen) atoms. The van der Waals surface area contributed by atoms with Crippen LogP contribution in [0.25, 0.3) is 0 Å². The summed E-state index contributed by atoms with van der Waals surface area (Å²) in [5.74, 6) is 0.921. The Kier molecular flexibility index (Phi) is 5.98. The second-order valence-electron chi connectivity index (χ2n) is 7.77. The number of carbonyl (C=O) groups excluding carboxylic acids is 2. The highest BCUT2D eigenvalue weighted by Crippen LogP contribution is 2.20. The van der Waals surface area contributed by atoms with Gasteiger partial charge in [-0.2, -0.15) is 0 Å². The summed E-state index contributed by atoms with van der Waals surface area (Å²) in [6, 6.07) is 21.5. The maximum absolute atomic E-state index is 13.2. The standard InChI is InChI=1S/C25H26N2O3/c1-18-11-12-23(30-18)24(28)26-21-13-15-27(16-14-21)25(29)22-10-6-5-9-20(22)17-19-7-3-2-4-8-19/h2-12,21H,13-17H2,1H3,(H,26,28). The second-order valence-corrected chi connectivity index (χ2v) is 7.77. The number of piperidine rings is 1. The molecule has 0 unspecified atom stereocenters. The average Bonchev–Trinajstić information content (AvgIpc) is 3.21. The van der Waals surface area contributed by atoms with Crippen LogP contribution < -0.4 is 5.32 Å². The van der Waals surface area contributed by atoms with Crippen LogP contribution in [0.2, 0.25) is 0 Å². The Morgan fingerprint density at radius 3 is 2.37 bits per heavy atom. The molecule has 0 aliphatic carbocycles. The van der Waals surface area contributed by atoms with Crippen molar-refractivity contribution in [2.75, 3.05) is 13.1 Å². The molecule has 1 saturated heterocycles. The van der Waals surface area contributed by atoms with E-state index < -0.39 is 0 Å². The fourth-order valence-electron chi connectivity index (χ4n) is 3.91. The molecule has 2 aromatic carbocycles. The average molecular weight is 402 g/mol. The van der Waals surface area contributed by atoms with Crippen LogP contribution in [-0.2, 0) is 6.42 Å². The molecule has 0 saturated carbocycles. The van der Waals surface area contributed by atoms with Crippen molar-refractivity contribution in [1.82, 2.24) is 10.2 Å². The molecule has 0 atom stereocenters. The Bertz CT molecular complexity index is 1020. The minimum Gasteiger partial charge on any atom is -0.456 e. The highest BCUT2D eigenvalue weighted by molar-refractivity contribution is 5.96. The highest BCUT2D eigenvalue weighted by atomic mass is 16.3. The molecular weight excluding hydrogens is 376 g/mol. The van der Waals surface area contributed by atoms with Crippen LogP contribution in [0, 0.1) is 6.92 Å². The summed E-state index contributed by atoms with van der Waals surface area (Å²) in [7, 11) is 0. The number of nitrogens with one attached hydrogen (secondary N) is 1. The van der Waals surface area contributed by atoms with E-state index >= 15 is 0 Å². The normalized spacial score (nSPS) is 14.5. The molecule has 2 amide bonds. The molecule has 1 aliphatic rings. The van der Waals surface area contributed by atoms with Crippen LogP contribution in [-0.4, -0.2) is 35.8 Å². The Balaban J connectivity index is 1.37. The van der Waals surface area contributed by atoms with Crippen molar-refractivity contribution in [3.05, 3.63) is 94.9 Å². The number of aryl methyl sites for hydroxylation is 1. The lowest BCUT2D eigenvalue weighted by Crippen LogP contribution is -2.46. The van der Waals surface area contributed by atoms with Crippen molar-refractivity contribution in [2.45, 2.75) is 32.2 Å². The zero-order chi connectivity index (χ0) is 20.9. The Morgan fingerprint density at radius 2 is 1.67 bits per heavy atom. The van der Waals surface area contributed by atoms with Crippen molar-refractivity contribution in [3.63, 3.8) is 0 Å². The van der Waals surface area contributed by atoms with E-state index in [0.717, 1.165) is 36.1 Å². The van der Waals surface area contributed by atoms with Gasteiger partial charge in [0, 0.05) is 24.7 Å². The number of hydrogen-bond donors (Lipinski definition) is 1. The molecule has 5 nitrogen and oxygen atoms in total. The summed E-state index contributed by atoms with van der Waals surface area (Å²) in [4.78, 5) is 27.4. The monoisotopic (exact) mass is 402 g/mol. The number of carbonyl (C=O) groups is 2. The fourth-order valence-corrected chi connectivity index (χ4v) is 3.91. The van der Waals surface area contributed by atoms with Crippen LogP contribution in [0.3, 0.4) is 0 Å². The lowest BCUT2D eigenvalue weighted by molar-refractivity contribution is 0.0694. The summed E-state index contributed by atoms with van der Waals surface area (Å²) in [6.07, 6.45) is 2.20. The summed E-state index contributed by atoms with van der Waals surface area (Å²) >= 11 is 0. The van der Waals surface area contributed by atoms with Gasteiger partial charge in [-0.15, -0.1) is 0 Å². The van der Waals surface area contributed by atoms with E-state index in [-0.39, 0.29) is 17.9 Å². The van der Waals surface area contributed by atoms with E-state index in [1.165, 1.54) is 5.56 Å². The lowest BCUT2D eigenvalue weighted by atomic mass is 9.97. The third-order valence-corrected chi connectivity index (χ3v) is 5.57. The first kappa shape index (κ1) is 20.0. The zero-order valence-corrected chi connectivity index (χ0v) is 17.1. The van der Waals surface area contributed by atoms with Crippen LogP contribution in [0.5, 0.6) is 0 Å². The molecule has 3 aromatic rings. The number of furan rings is 1. The minimum atomic E-state index is -0.193. The van der Waals surface area contributed by atoms with Crippen molar-refractivity contribution in [3.8, 4) is 0 Å². The van der Waals surface area contributed by atoms with Gasteiger partial charge in [-0.05, 0) is 55.5 Å². The predicted octanol–water partition coefficient (Wildman–Crippen LogP) is 4.21. The number of hydrogen-bond acceptors (Lipinski definition) is 3. The smallest absolute Gasteiger partial charge is 0.287 e. The molecule has 154 valence electrons. The van der Waals surface area contributed by atoms with Crippen LogP contribution in [0.4, 0.5) is 0 Å². The first-order chi connectivity index (χ1) is 14.6. The lowest BCUT2D eigenvalue weighted by Gasteiger charge is -2.32. The van der Waals surface area contributed by atoms with Gasteiger partial charge in [0.25, 0.3) is 11.8 Å². The van der Waals surface area contributed by atoms with Crippen LogP contribution >= 0.6 is 0 Å². The van der Waals surface area contributed by atoms with Gasteiger partial charge in [-0.25, -0.2) is 0 Å². The fraction of sp³-hybridized carbons (Fsp3) is 0.280. The van der Waals surface area contributed by atoms with Crippen molar-refractivity contribution in [2.24, 2.45) is 0 Å². The maximum atomic E-state index is 13.2. The molecule has 2 heterocycles.